The van der Waals surface area contributed by atoms with Crippen LogP contribution in [0.3, 0.4) is 0 Å². The van der Waals surface area contributed by atoms with Gasteiger partial charge in [0.1, 0.15) is 5.69 Å². The Kier molecular flexibility index (Phi) is 2.81. The van der Waals surface area contributed by atoms with Crippen molar-refractivity contribution in [3.05, 3.63) is 17.7 Å². The van der Waals surface area contributed by atoms with Crippen LogP contribution in [0.4, 0.5) is 0 Å². The predicted molar refractivity (Wildman–Crippen MR) is 64.4 cm³/mol. The topological polar surface area (TPSA) is 94.0 Å². The first-order valence-corrected chi connectivity index (χ1v) is 6.22. The molecule has 1 saturated carbocycles. The molecular weight excluding hydrogens is 248 g/mol. The van der Waals surface area contributed by atoms with Crippen molar-refractivity contribution in [3.8, 4) is 11.6 Å². The molecule has 2 heterocycles. The highest BCUT2D eigenvalue weighted by atomic mass is 16.4. The van der Waals surface area contributed by atoms with Crippen LogP contribution in [-0.4, -0.2) is 31.1 Å². The molecule has 0 bridgehead atoms. The van der Waals surface area contributed by atoms with E-state index in [-0.39, 0.29) is 12.8 Å². The number of aryl methyl sites for hydroxylation is 2. The lowest BCUT2D eigenvalue weighted by molar-refractivity contribution is -0.137. The molecule has 100 valence electrons. The van der Waals surface area contributed by atoms with E-state index in [0.29, 0.717) is 23.4 Å². The molecule has 0 amide bonds. The summed E-state index contributed by atoms with van der Waals surface area (Å²) in [5, 5.41) is 20.7. The van der Waals surface area contributed by atoms with Crippen molar-refractivity contribution in [1.82, 2.24) is 20.0 Å². The number of carboxylic acid groups (broad SMARTS) is 1. The molecule has 3 rings (SSSR count). The van der Waals surface area contributed by atoms with Crippen molar-refractivity contribution in [2.45, 2.75) is 31.6 Å². The van der Waals surface area contributed by atoms with Gasteiger partial charge >= 0.3 is 5.97 Å². The first-order valence-electron chi connectivity index (χ1n) is 6.22. The van der Waals surface area contributed by atoms with E-state index < -0.39 is 5.97 Å². The summed E-state index contributed by atoms with van der Waals surface area (Å²) in [5.74, 6) is 0.396. The molecule has 7 heteroatoms. The summed E-state index contributed by atoms with van der Waals surface area (Å²) >= 11 is 0. The largest absolute Gasteiger partial charge is 0.481 e. The Bertz CT molecular complexity index is 612. The first-order chi connectivity index (χ1) is 9.13. The summed E-state index contributed by atoms with van der Waals surface area (Å²) in [6.45, 7) is 0. The molecule has 0 saturated heterocycles. The Morgan fingerprint density at radius 1 is 1.53 bits per heavy atom. The number of carboxylic acids is 1. The van der Waals surface area contributed by atoms with Crippen molar-refractivity contribution < 1.29 is 14.3 Å². The third-order valence-corrected chi connectivity index (χ3v) is 3.15. The summed E-state index contributed by atoms with van der Waals surface area (Å²) in [6, 6.07) is 1.96. The van der Waals surface area contributed by atoms with E-state index in [0.717, 1.165) is 0 Å². The van der Waals surface area contributed by atoms with Gasteiger partial charge in [-0.05, 0) is 18.9 Å². The standard InChI is InChI=1S/C12H14N4O3/c1-16-9(7-2-3-7)6-8(15-16)12-14-13-10(19-12)4-5-11(17)18/h6-7H,2-5H2,1H3,(H,17,18). The summed E-state index contributed by atoms with van der Waals surface area (Å²) in [4.78, 5) is 10.5. The smallest absolute Gasteiger partial charge is 0.303 e. The van der Waals surface area contributed by atoms with E-state index in [1.165, 1.54) is 18.5 Å². The molecule has 0 aliphatic heterocycles. The van der Waals surface area contributed by atoms with Crippen LogP contribution in [0.15, 0.2) is 10.5 Å². The number of nitrogens with zero attached hydrogens (tertiary/aromatic N) is 4. The number of aliphatic carboxylic acids is 1. The molecule has 1 fully saturated rings. The minimum atomic E-state index is -0.881. The molecule has 1 N–H and O–H groups in total. The molecule has 1 aliphatic rings. The van der Waals surface area contributed by atoms with Gasteiger partial charge in [-0.15, -0.1) is 10.2 Å². The van der Waals surface area contributed by atoms with Crippen LogP contribution in [-0.2, 0) is 18.3 Å². The molecule has 7 nitrogen and oxygen atoms in total. The fourth-order valence-corrected chi connectivity index (χ4v) is 2.02. The van der Waals surface area contributed by atoms with E-state index in [4.69, 9.17) is 9.52 Å². The van der Waals surface area contributed by atoms with Gasteiger partial charge in [-0.2, -0.15) is 5.10 Å². The number of hydrogen-bond acceptors (Lipinski definition) is 5. The van der Waals surface area contributed by atoms with E-state index >= 15 is 0 Å². The minimum Gasteiger partial charge on any atom is -0.481 e. The number of rotatable bonds is 5. The molecule has 1 aliphatic carbocycles. The monoisotopic (exact) mass is 262 g/mol. The zero-order valence-corrected chi connectivity index (χ0v) is 10.5. The molecule has 0 spiro atoms. The van der Waals surface area contributed by atoms with Crippen LogP contribution in [0.2, 0.25) is 0 Å². The second-order valence-corrected chi connectivity index (χ2v) is 4.75. The van der Waals surface area contributed by atoms with Gasteiger partial charge in [0.05, 0.1) is 6.42 Å². The highest BCUT2D eigenvalue weighted by Gasteiger charge is 2.28. The van der Waals surface area contributed by atoms with E-state index in [1.807, 2.05) is 17.8 Å². The number of hydrogen-bond donors (Lipinski definition) is 1. The molecule has 0 aromatic carbocycles. The Morgan fingerprint density at radius 3 is 3.00 bits per heavy atom. The molecule has 2 aromatic heterocycles. The van der Waals surface area contributed by atoms with Gasteiger partial charge in [-0.3, -0.25) is 9.48 Å². The maximum atomic E-state index is 10.5. The Balaban J connectivity index is 1.78. The zero-order valence-electron chi connectivity index (χ0n) is 10.5. The van der Waals surface area contributed by atoms with Crippen LogP contribution in [0, 0.1) is 0 Å². The molecule has 19 heavy (non-hydrogen) atoms. The van der Waals surface area contributed by atoms with Crippen LogP contribution < -0.4 is 0 Å². The van der Waals surface area contributed by atoms with Crippen LogP contribution in [0.25, 0.3) is 11.6 Å². The first kappa shape index (κ1) is 11.9. The van der Waals surface area contributed by atoms with Crippen molar-refractivity contribution in [3.63, 3.8) is 0 Å². The zero-order chi connectivity index (χ0) is 13.4. The summed E-state index contributed by atoms with van der Waals surface area (Å²) in [6.07, 6.45) is 2.63. The number of carbonyl (C=O) groups is 1. The molecule has 0 unspecified atom stereocenters. The van der Waals surface area contributed by atoms with Gasteiger partial charge < -0.3 is 9.52 Å². The fraction of sp³-hybridized carbons (Fsp3) is 0.500. The summed E-state index contributed by atoms with van der Waals surface area (Å²) < 4.78 is 7.27. The van der Waals surface area contributed by atoms with Crippen LogP contribution in [0.5, 0.6) is 0 Å². The maximum Gasteiger partial charge on any atom is 0.303 e. The molecule has 0 atom stereocenters. The van der Waals surface area contributed by atoms with Crippen molar-refractivity contribution >= 4 is 5.97 Å². The summed E-state index contributed by atoms with van der Waals surface area (Å²) in [5.41, 5.74) is 1.83. The fourth-order valence-electron chi connectivity index (χ4n) is 2.02. The third kappa shape index (κ3) is 2.49. The highest BCUT2D eigenvalue weighted by Crippen LogP contribution is 2.40. The normalized spacial score (nSPS) is 14.8. The Morgan fingerprint density at radius 2 is 2.32 bits per heavy atom. The van der Waals surface area contributed by atoms with Crippen molar-refractivity contribution in [1.29, 1.82) is 0 Å². The van der Waals surface area contributed by atoms with Gasteiger partial charge in [0.15, 0.2) is 0 Å². The lowest BCUT2D eigenvalue weighted by Gasteiger charge is -1.94. The average Bonchev–Trinajstić information content (AvgIpc) is 2.96. The Labute approximate surface area is 109 Å². The Hall–Kier alpha value is -2.18. The van der Waals surface area contributed by atoms with E-state index in [9.17, 15) is 4.79 Å². The molecular formula is C12H14N4O3. The van der Waals surface area contributed by atoms with Gasteiger partial charge in [0.2, 0.25) is 5.89 Å². The quantitative estimate of drug-likeness (QED) is 0.874. The lowest BCUT2D eigenvalue weighted by Crippen LogP contribution is -1.97. The van der Waals surface area contributed by atoms with Gasteiger partial charge in [0, 0.05) is 25.1 Å². The van der Waals surface area contributed by atoms with Crippen LogP contribution in [0.1, 0.15) is 36.8 Å². The second kappa shape index (κ2) is 4.49. The van der Waals surface area contributed by atoms with Crippen LogP contribution >= 0.6 is 0 Å². The van der Waals surface area contributed by atoms with E-state index in [2.05, 4.69) is 15.3 Å². The van der Waals surface area contributed by atoms with Gasteiger partial charge in [-0.25, -0.2) is 0 Å². The minimum absolute atomic E-state index is 0.0167. The van der Waals surface area contributed by atoms with E-state index in [1.54, 1.807) is 0 Å². The van der Waals surface area contributed by atoms with Crippen molar-refractivity contribution in [2.75, 3.05) is 0 Å². The SMILES string of the molecule is Cn1nc(-c2nnc(CCC(=O)O)o2)cc1C1CC1. The van der Waals surface area contributed by atoms with Gasteiger partial charge in [-0.1, -0.05) is 0 Å². The number of aromatic nitrogens is 4. The second-order valence-electron chi connectivity index (χ2n) is 4.75. The third-order valence-electron chi connectivity index (χ3n) is 3.15. The van der Waals surface area contributed by atoms with Crippen molar-refractivity contribution in [2.24, 2.45) is 7.05 Å². The predicted octanol–water partition coefficient (Wildman–Crippen LogP) is 1.36. The molecule has 2 aromatic rings. The summed E-state index contributed by atoms with van der Waals surface area (Å²) in [7, 11) is 1.90. The lowest BCUT2D eigenvalue weighted by atomic mass is 10.2. The average molecular weight is 262 g/mol. The maximum absolute atomic E-state index is 10.5. The molecule has 0 radical (unpaired) electrons. The van der Waals surface area contributed by atoms with Gasteiger partial charge in [0.25, 0.3) is 5.89 Å². The highest BCUT2D eigenvalue weighted by molar-refractivity contribution is 5.66.